The van der Waals surface area contributed by atoms with Crippen LogP contribution in [0, 0.1) is 16.2 Å². The Bertz CT molecular complexity index is 793. The maximum Gasteiger partial charge on any atom is 0.321 e. The number of carbonyl (C=O) groups is 6. The molecule has 0 atom stereocenters. The van der Waals surface area contributed by atoms with Crippen molar-refractivity contribution in [3.63, 3.8) is 0 Å². The van der Waals surface area contributed by atoms with Gasteiger partial charge >= 0.3 is 35.8 Å². The van der Waals surface area contributed by atoms with Gasteiger partial charge in [0.2, 0.25) is 0 Å². The molecule has 6 N–H and O–H groups in total. The highest BCUT2D eigenvalue weighted by Crippen LogP contribution is 2.30. The van der Waals surface area contributed by atoms with Crippen molar-refractivity contribution < 1.29 is 87.8 Å². The van der Waals surface area contributed by atoms with Gasteiger partial charge in [-0.1, -0.05) is 0 Å². The molecule has 0 bridgehead atoms. The molecule has 1 aliphatic heterocycles. The first-order valence-electron chi connectivity index (χ1n) is 14.2. The molecule has 1 aliphatic rings. The number of carboxylic acid groups (broad SMARTS) is 6. The lowest BCUT2D eigenvalue weighted by Crippen LogP contribution is -2.42. The molecule has 0 aromatic heterocycles. The Hall–Kier alpha value is -3.42. The molecular formula is C27H42O18. The number of rotatable bonds is 6. The van der Waals surface area contributed by atoms with Crippen LogP contribution in [0.5, 0.6) is 0 Å². The molecule has 0 aliphatic carbocycles. The van der Waals surface area contributed by atoms with Gasteiger partial charge in [-0.3, -0.25) is 28.8 Å². The third-order valence-electron chi connectivity index (χ3n) is 7.61. The summed E-state index contributed by atoms with van der Waals surface area (Å²) in [6.45, 7) is -2.34. The molecule has 18 heteroatoms. The summed E-state index contributed by atoms with van der Waals surface area (Å²) in [6, 6.07) is 0. The largest absolute Gasteiger partial charge is 0.480 e. The molecule has 0 aromatic rings. The molecule has 18 nitrogen and oxygen atoms in total. The van der Waals surface area contributed by atoms with Gasteiger partial charge in [0.05, 0.1) is 39.6 Å². The van der Waals surface area contributed by atoms with E-state index in [0.29, 0.717) is 0 Å². The van der Waals surface area contributed by atoms with Crippen LogP contribution in [0.3, 0.4) is 0 Å². The van der Waals surface area contributed by atoms with E-state index in [2.05, 4.69) is 0 Å². The van der Waals surface area contributed by atoms with Gasteiger partial charge in [0, 0.05) is 39.6 Å². The maximum atomic E-state index is 11.9. The van der Waals surface area contributed by atoms with Crippen molar-refractivity contribution in [3.05, 3.63) is 0 Å². The van der Waals surface area contributed by atoms with Crippen molar-refractivity contribution >= 4 is 35.8 Å². The third kappa shape index (κ3) is 11.8. The van der Waals surface area contributed by atoms with Gasteiger partial charge in [-0.25, -0.2) is 0 Å². The van der Waals surface area contributed by atoms with E-state index < -0.39 is 90.6 Å². The lowest BCUT2D eigenvalue weighted by atomic mass is 9.81. The van der Waals surface area contributed by atoms with Crippen molar-refractivity contribution in [1.29, 1.82) is 0 Å². The fourth-order valence-corrected chi connectivity index (χ4v) is 4.38. The van der Waals surface area contributed by atoms with Crippen LogP contribution in [-0.4, -0.2) is 146 Å². The van der Waals surface area contributed by atoms with Crippen LogP contribution in [-0.2, 0) is 57.2 Å². The van der Waals surface area contributed by atoms with Gasteiger partial charge in [0.1, 0.15) is 0 Å². The van der Waals surface area contributed by atoms with E-state index in [0.717, 1.165) is 0 Å². The summed E-state index contributed by atoms with van der Waals surface area (Å²) in [7, 11) is 0. The van der Waals surface area contributed by atoms with Gasteiger partial charge in [-0.05, 0) is 38.5 Å². The Morgan fingerprint density at radius 2 is 0.422 bits per heavy atom. The zero-order chi connectivity index (χ0) is 33.9. The normalized spacial score (nSPS) is 22.1. The molecule has 1 fully saturated rings. The molecule has 1 heterocycles. The molecule has 1 saturated heterocycles. The standard InChI is InChI=1S/C27H42O18/c28-19(29)25(20(30)31)1-7-40-13-14-42-9-3-26(21(32)33,22(34)35)5-11-44-17-18-45-12-6-27(23(36)37,24(38)39)4-10-43-16-15-41-8-2-25/h1-18H2,(H,28,29)(H,30,31)(H,32,33)(H,34,35)(H,36,37)(H,38,39). The molecule has 0 spiro atoms. The first-order valence-corrected chi connectivity index (χ1v) is 14.2. The fourth-order valence-electron chi connectivity index (χ4n) is 4.38. The zero-order valence-electron chi connectivity index (χ0n) is 24.8. The average Bonchev–Trinajstić information content (AvgIpc) is 2.96. The van der Waals surface area contributed by atoms with Crippen LogP contribution in [0.2, 0.25) is 0 Å². The first kappa shape index (κ1) is 39.6. The van der Waals surface area contributed by atoms with Crippen molar-refractivity contribution in [2.24, 2.45) is 16.2 Å². The summed E-state index contributed by atoms with van der Waals surface area (Å²) in [4.78, 5) is 71.3. The molecular weight excluding hydrogens is 612 g/mol. The molecule has 45 heavy (non-hydrogen) atoms. The van der Waals surface area contributed by atoms with E-state index in [1.165, 1.54) is 0 Å². The van der Waals surface area contributed by atoms with Crippen molar-refractivity contribution in [1.82, 2.24) is 0 Å². The van der Waals surface area contributed by atoms with Crippen LogP contribution in [0.4, 0.5) is 0 Å². The molecule has 0 radical (unpaired) electrons. The van der Waals surface area contributed by atoms with E-state index in [1.807, 2.05) is 0 Å². The van der Waals surface area contributed by atoms with Gasteiger partial charge in [-0.2, -0.15) is 0 Å². The van der Waals surface area contributed by atoms with Crippen molar-refractivity contribution in [2.75, 3.05) is 79.3 Å². The quantitative estimate of drug-likeness (QED) is 0.204. The first-order chi connectivity index (χ1) is 21.3. The lowest BCUT2D eigenvalue weighted by Gasteiger charge is -2.25. The number of ether oxygens (including phenoxy) is 6. The summed E-state index contributed by atoms with van der Waals surface area (Å²) in [6.07, 6.45) is -2.53. The molecule has 0 aromatic carbocycles. The molecule has 0 saturated carbocycles. The number of carboxylic acids is 6. The fraction of sp³-hybridized carbons (Fsp3) is 0.778. The molecule has 1 rings (SSSR count). The second kappa shape index (κ2) is 19.9. The minimum Gasteiger partial charge on any atom is -0.480 e. The number of aliphatic carboxylic acids is 6. The highest BCUT2D eigenvalue weighted by Gasteiger charge is 2.48. The number of hydrogen-bond acceptors (Lipinski definition) is 12. The minimum atomic E-state index is -2.24. The summed E-state index contributed by atoms with van der Waals surface area (Å²) in [5.41, 5.74) is -6.71. The van der Waals surface area contributed by atoms with Crippen molar-refractivity contribution in [3.8, 4) is 0 Å². The van der Waals surface area contributed by atoms with E-state index in [-0.39, 0.29) is 79.3 Å². The predicted octanol–water partition coefficient (Wildman–Crippen LogP) is -0.0930. The Morgan fingerprint density at radius 1 is 0.289 bits per heavy atom. The van der Waals surface area contributed by atoms with Crippen molar-refractivity contribution in [2.45, 2.75) is 38.5 Å². The Kier molecular flexibility index (Phi) is 17.5. The minimum absolute atomic E-state index is 0.107. The van der Waals surface area contributed by atoms with Gasteiger partial charge in [0.15, 0.2) is 16.2 Å². The van der Waals surface area contributed by atoms with Crippen LogP contribution in [0.1, 0.15) is 38.5 Å². The highest BCUT2D eigenvalue weighted by atomic mass is 16.5. The van der Waals surface area contributed by atoms with Crippen LogP contribution < -0.4 is 0 Å². The summed E-state index contributed by atoms with van der Waals surface area (Å²) in [5, 5.41) is 57.9. The topological polar surface area (TPSA) is 279 Å². The van der Waals surface area contributed by atoms with Gasteiger partial charge in [0.25, 0.3) is 0 Å². The van der Waals surface area contributed by atoms with E-state index in [1.54, 1.807) is 0 Å². The predicted molar refractivity (Wildman–Crippen MR) is 146 cm³/mol. The molecule has 0 unspecified atom stereocenters. The second-order valence-corrected chi connectivity index (χ2v) is 10.3. The Labute approximate surface area is 258 Å². The van der Waals surface area contributed by atoms with E-state index >= 15 is 0 Å². The van der Waals surface area contributed by atoms with E-state index in [9.17, 15) is 59.4 Å². The molecule has 0 amide bonds. The summed E-state index contributed by atoms with van der Waals surface area (Å²) >= 11 is 0. The van der Waals surface area contributed by atoms with Crippen LogP contribution >= 0.6 is 0 Å². The van der Waals surface area contributed by atoms with Crippen LogP contribution in [0.15, 0.2) is 0 Å². The summed E-state index contributed by atoms with van der Waals surface area (Å²) < 4.78 is 31.8. The highest BCUT2D eigenvalue weighted by molar-refractivity contribution is 5.99. The monoisotopic (exact) mass is 654 g/mol. The average molecular weight is 655 g/mol. The molecule has 258 valence electrons. The SMILES string of the molecule is O=C(O)C1(C(=O)O)CCOCCOCCC(C(=O)O)(C(=O)O)CCOCCOCCC(C(=O)O)(C(=O)O)CCOCCOCC1. The van der Waals surface area contributed by atoms with Crippen LogP contribution in [0.25, 0.3) is 0 Å². The van der Waals surface area contributed by atoms with Gasteiger partial charge < -0.3 is 59.1 Å². The van der Waals surface area contributed by atoms with Gasteiger partial charge in [-0.15, -0.1) is 0 Å². The van der Waals surface area contributed by atoms with E-state index in [4.69, 9.17) is 28.4 Å². The lowest BCUT2D eigenvalue weighted by molar-refractivity contribution is -0.170. The summed E-state index contributed by atoms with van der Waals surface area (Å²) in [5.74, 6) is -9.64. The zero-order valence-corrected chi connectivity index (χ0v) is 24.8. The Morgan fingerprint density at radius 3 is 0.533 bits per heavy atom. The second-order valence-electron chi connectivity index (χ2n) is 10.3. The Balaban J connectivity index is 2.97. The smallest absolute Gasteiger partial charge is 0.321 e. The number of hydrogen-bond donors (Lipinski definition) is 6. The maximum absolute atomic E-state index is 11.9. The third-order valence-corrected chi connectivity index (χ3v) is 7.61.